The Morgan fingerprint density at radius 3 is 2.65 bits per heavy atom. The van der Waals surface area contributed by atoms with Gasteiger partial charge in [0.15, 0.2) is 6.61 Å². The van der Waals surface area contributed by atoms with Gasteiger partial charge in [0.1, 0.15) is 11.5 Å². The minimum Gasteiger partial charge on any atom is -0.507 e. The summed E-state index contributed by atoms with van der Waals surface area (Å²) in [4.78, 5) is 11.8. The summed E-state index contributed by atoms with van der Waals surface area (Å²) >= 11 is 0. The average Bonchev–Trinajstić information content (AvgIpc) is 2.52. The lowest BCUT2D eigenvalue weighted by Gasteiger charge is -2.09. The highest BCUT2D eigenvalue weighted by Gasteiger charge is 2.06. The molecule has 1 amide bonds. The first-order chi connectivity index (χ1) is 11.0. The molecular weight excluding hydrogens is 292 g/mol. The highest BCUT2D eigenvalue weighted by Crippen LogP contribution is 2.18. The van der Waals surface area contributed by atoms with Crippen molar-refractivity contribution in [1.82, 2.24) is 5.43 Å². The number of nitrogens with zero attached hydrogens (tertiary/aromatic N) is 1. The van der Waals surface area contributed by atoms with Crippen LogP contribution in [-0.2, 0) is 4.79 Å². The molecule has 2 aromatic rings. The minimum atomic E-state index is -0.361. The number of carbonyl (C=O) groups excluding carboxylic acids is 1. The lowest BCUT2D eigenvalue weighted by Crippen LogP contribution is -2.25. The summed E-state index contributed by atoms with van der Waals surface area (Å²) in [7, 11) is 0. The first-order valence-corrected chi connectivity index (χ1v) is 7.29. The molecule has 2 aromatic carbocycles. The van der Waals surface area contributed by atoms with Crippen LogP contribution in [0.1, 0.15) is 23.6 Å². The number of amides is 1. The molecule has 0 aromatic heterocycles. The van der Waals surface area contributed by atoms with E-state index in [9.17, 15) is 9.90 Å². The number of phenolic OH excluding ortho intramolecular Hbond substituents is 1. The summed E-state index contributed by atoms with van der Waals surface area (Å²) < 4.78 is 5.48. The third-order valence-electron chi connectivity index (χ3n) is 3.33. The number of hydrogen-bond donors (Lipinski definition) is 2. The molecule has 2 N–H and O–H groups in total. The van der Waals surface area contributed by atoms with Gasteiger partial charge in [0.25, 0.3) is 5.91 Å². The van der Waals surface area contributed by atoms with E-state index in [2.05, 4.69) is 10.5 Å². The molecule has 0 aliphatic rings. The molecule has 5 nitrogen and oxygen atoms in total. The van der Waals surface area contributed by atoms with Crippen molar-refractivity contribution < 1.29 is 14.6 Å². The predicted molar refractivity (Wildman–Crippen MR) is 89.9 cm³/mol. The Bertz CT molecular complexity index is 739. The Morgan fingerprint density at radius 1 is 1.22 bits per heavy atom. The molecule has 0 fully saturated rings. The topological polar surface area (TPSA) is 70.9 Å². The van der Waals surface area contributed by atoms with E-state index in [0.717, 1.165) is 11.1 Å². The number of benzene rings is 2. The van der Waals surface area contributed by atoms with Crippen molar-refractivity contribution in [3.63, 3.8) is 0 Å². The second kappa shape index (κ2) is 7.45. The molecule has 0 radical (unpaired) electrons. The van der Waals surface area contributed by atoms with Crippen LogP contribution in [0.15, 0.2) is 47.6 Å². The van der Waals surface area contributed by atoms with Crippen LogP contribution < -0.4 is 10.2 Å². The maximum atomic E-state index is 11.8. The number of nitrogens with one attached hydrogen (secondary N) is 1. The smallest absolute Gasteiger partial charge is 0.277 e. The van der Waals surface area contributed by atoms with Crippen LogP contribution in [-0.4, -0.2) is 23.3 Å². The maximum absolute atomic E-state index is 11.8. The lowest BCUT2D eigenvalue weighted by atomic mass is 10.1. The molecule has 0 heterocycles. The van der Waals surface area contributed by atoms with Gasteiger partial charge in [-0.05, 0) is 44.5 Å². The number of hydrazone groups is 1. The Morgan fingerprint density at radius 2 is 1.96 bits per heavy atom. The molecule has 0 aliphatic heterocycles. The second-order valence-corrected chi connectivity index (χ2v) is 5.31. The van der Waals surface area contributed by atoms with Crippen molar-refractivity contribution in [2.24, 2.45) is 5.10 Å². The van der Waals surface area contributed by atoms with E-state index in [1.165, 1.54) is 0 Å². The number of para-hydroxylation sites is 1. The van der Waals surface area contributed by atoms with Crippen LogP contribution in [0.2, 0.25) is 0 Å². The normalized spacial score (nSPS) is 11.2. The van der Waals surface area contributed by atoms with Crippen LogP contribution >= 0.6 is 0 Å². The molecule has 0 saturated carbocycles. The van der Waals surface area contributed by atoms with E-state index in [0.29, 0.717) is 17.0 Å². The predicted octanol–water partition coefficient (Wildman–Crippen LogP) is 2.93. The van der Waals surface area contributed by atoms with Gasteiger partial charge in [-0.3, -0.25) is 4.79 Å². The maximum Gasteiger partial charge on any atom is 0.277 e. The lowest BCUT2D eigenvalue weighted by molar-refractivity contribution is -0.123. The summed E-state index contributed by atoms with van der Waals surface area (Å²) in [6.07, 6.45) is 0. The molecule has 0 spiro atoms. The molecule has 23 heavy (non-hydrogen) atoms. The molecule has 0 aliphatic carbocycles. The minimum absolute atomic E-state index is 0.120. The van der Waals surface area contributed by atoms with Crippen LogP contribution in [0.5, 0.6) is 11.5 Å². The van der Waals surface area contributed by atoms with E-state index in [-0.39, 0.29) is 18.3 Å². The number of phenols is 1. The van der Waals surface area contributed by atoms with Gasteiger partial charge in [-0.1, -0.05) is 29.8 Å². The van der Waals surface area contributed by atoms with Gasteiger partial charge in [0, 0.05) is 5.56 Å². The first-order valence-electron chi connectivity index (χ1n) is 7.29. The molecule has 120 valence electrons. The van der Waals surface area contributed by atoms with Crippen molar-refractivity contribution in [1.29, 1.82) is 0 Å². The van der Waals surface area contributed by atoms with E-state index < -0.39 is 0 Å². The van der Waals surface area contributed by atoms with E-state index in [4.69, 9.17) is 4.74 Å². The summed E-state index contributed by atoms with van der Waals surface area (Å²) in [6, 6.07) is 12.6. The summed E-state index contributed by atoms with van der Waals surface area (Å²) in [5, 5.41) is 13.7. The van der Waals surface area contributed by atoms with Gasteiger partial charge in [-0.2, -0.15) is 5.10 Å². The monoisotopic (exact) mass is 312 g/mol. The van der Waals surface area contributed by atoms with Crippen LogP contribution in [0.25, 0.3) is 0 Å². The highest BCUT2D eigenvalue weighted by atomic mass is 16.5. The summed E-state index contributed by atoms with van der Waals surface area (Å²) in [5.41, 5.74) is 5.63. The number of hydrogen-bond acceptors (Lipinski definition) is 4. The van der Waals surface area contributed by atoms with Crippen molar-refractivity contribution >= 4 is 11.6 Å². The fourth-order valence-electron chi connectivity index (χ4n) is 2.12. The highest BCUT2D eigenvalue weighted by molar-refractivity contribution is 6.01. The van der Waals surface area contributed by atoms with Crippen molar-refractivity contribution in [3.05, 3.63) is 59.2 Å². The van der Waals surface area contributed by atoms with Gasteiger partial charge in [0.2, 0.25) is 0 Å². The van der Waals surface area contributed by atoms with Gasteiger partial charge < -0.3 is 9.84 Å². The third kappa shape index (κ3) is 4.57. The Kier molecular flexibility index (Phi) is 5.36. The zero-order valence-electron chi connectivity index (χ0n) is 13.5. The fourth-order valence-corrected chi connectivity index (χ4v) is 2.12. The number of aromatic hydroxyl groups is 1. The number of carbonyl (C=O) groups is 1. The average molecular weight is 312 g/mol. The van der Waals surface area contributed by atoms with E-state index >= 15 is 0 Å². The Balaban J connectivity index is 1.92. The zero-order valence-corrected chi connectivity index (χ0v) is 13.5. The van der Waals surface area contributed by atoms with Gasteiger partial charge >= 0.3 is 0 Å². The SMILES string of the molecule is C/C(=N\NC(=O)COc1ccc(C)cc1C)c1ccccc1O. The summed E-state index contributed by atoms with van der Waals surface area (Å²) in [5.74, 6) is 0.432. The Hall–Kier alpha value is -2.82. The molecule has 0 atom stereocenters. The Labute approximate surface area is 135 Å². The molecule has 0 bridgehead atoms. The fraction of sp³-hybridized carbons (Fsp3) is 0.222. The standard InChI is InChI=1S/C18H20N2O3/c1-12-8-9-17(13(2)10-12)23-11-18(22)20-19-14(3)15-6-4-5-7-16(15)21/h4-10,21H,11H2,1-3H3,(H,20,22)/b19-14+. The number of ether oxygens (including phenoxy) is 1. The van der Waals surface area contributed by atoms with Crippen molar-refractivity contribution in [2.75, 3.05) is 6.61 Å². The van der Waals surface area contributed by atoms with Crippen molar-refractivity contribution in [3.8, 4) is 11.5 Å². The number of aryl methyl sites for hydroxylation is 2. The quantitative estimate of drug-likeness (QED) is 0.659. The van der Waals surface area contributed by atoms with Gasteiger partial charge in [-0.25, -0.2) is 5.43 Å². The third-order valence-corrected chi connectivity index (χ3v) is 3.33. The molecule has 0 unspecified atom stereocenters. The van der Waals surface area contributed by atoms with Crippen molar-refractivity contribution in [2.45, 2.75) is 20.8 Å². The number of rotatable bonds is 5. The molecule has 5 heteroatoms. The van der Waals surface area contributed by atoms with Crippen LogP contribution in [0, 0.1) is 13.8 Å². The van der Waals surface area contributed by atoms with E-state index in [1.54, 1.807) is 31.2 Å². The van der Waals surface area contributed by atoms with Gasteiger partial charge in [-0.15, -0.1) is 0 Å². The van der Waals surface area contributed by atoms with Crippen LogP contribution in [0.3, 0.4) is 0 Å². The summed E-state index contributed by atoms with van der Waals surface area (Å²) in [6.45, 7) is 5.52. The molecular formula is C18H20N2O3. The van der Waals surface area contributed by atoms with E-state index in [1.807, 2.05) is 32.0 Å². The second-order valence-electron chi connectivity index (χ2n) is 5.31. The van der Waals surface area contributed by atoms with Gasteiger partial charge in [0.05, 0.1) is 5.71 Å². The molecule has 2 rings (SSSR count). The largest absolute Gasteiger partial charge is 0.507 e. The van der Waals surface area contributed by atoms with Crippen LogP contribution in [0.4, 0.5) is 0 Å². The first kappa shape index (κ1) is 16.5. The molecule has 0 saturated heterocycles. The zero-order chi connectivity index (χ0) is 16.8.